The van der Waals surface area contributed by atoms with Crippen molar-refractivity contribution in [1.82, 2.24) is 9.97 Å². The Labute approximate surface area is 97.5 Å². The molecule has 1 aliphatic rings. The van der Waals surface area contributed by atoms with Crippen LogP contribution in [0.5, 0.6) is 0 Å². The van der Waals surface area contributed by atoms with Crippen molar-refractivity contribution in [1.29, 1.82) is 0 Å². The van der Waals surface area contributed by atoms with Crippen molar-refractivity contribution in [2.24, 2.45) is 5.41 Å². The zero-order chi connectivity index (χ0) is 10.9. The lowest BCUT2D eigenvalue weighted by Gasteiger charge is -2.22. The van der Waals surface area contributed by atoms with Crippen molar-refractivity contribution >= 4 is 21.7 Å². The second kappa shape index (κ2) is 4.06. The Morgan fingerprint density at radius 1 is 1.60 bits per heavy atom. The molecule has 0 aliphatic carbocycles. The minimum Gasteiger partial charge on any atom is -0.396 e. The van der Waals surface area contributed by atoms with E-state index in [4.69, 9.17) is 0 Å². The van der Waals surface area contributed by atoms with Gasteiger partial charge in [-0.2, -0.15) is 0 Å². The van der Waals surface area contributed by atoms with E-state index >= 15 is 0 Å². The quantitative estimate of drug-likeness (QED) is 0.828. The smallest absolute Gasteiger partial charge is 0.133 e. The van der Waals surface area contributed by atoms with Crippen LogP contribution in [0, 0.1) is 5.41 Å². The average molecular weight is 272 g/mol. The lowest BCUT2D eigenvalue weighted by Crippen LogP contribution is -2.28. The van der Waals surface area contributed by atoms with E-state index < -0.39 is 0 Å². The van der Waals surface area contributed by atoms with Gasteiger partial charge in [0.25, 0.3) is 0 Å². The normalized spacial score (nSPS) is 25.9. The highest BCUT2D eigenvalue weighted by atomic mass is 79.9. The van der Waals surface area contributed by atoms with E-state index in [1.54, 1.807) is 6.33 Å². The third-order valence-electron chi connectivity index (χ3n) is 2.88. The third-order valence-corrected chi connectivity index (χ3v) is 3.32. The standard InChI is InChI=1S/C10H14BrN3O/c1-10(6-15)2-3-14(5-10)9-4-8(11)12-7-13-9/h4,7,15H,2-3,5-6H2,1H3. The predicted molar refractivity (Wildman–Crippen MR) is 61.8 cm³/mol. The molecule has 82 valence electrons. The molecule has 0 bridgehead atoms. The van der Waals surface area contributed by atoms with Crippen molar-refractivity contribution < 1.29 is 5.11 Å². The molecule has 0 aromatic carbocycles. The van der Waals surface area contributed by atoms with Gasteiger partial charge in [-0.15, -0.1) is 0 Å². The molecule has 0 radical (unpaired) electrons. The summed E-state index contributed by atoms with van der Waals surface area (Å²) in [4.78, 5) is 10.4. The molecule has 0 amide bonds. The predicted octanol–water partition coefficient (Wildman–Crippen LogP) is 1.45. The molecule has 1 atom stereocenters. The van der Waals surface area contributed by atoms with Crippen molar-refractivity contribution in [3.8, 4) is 0 Å². The number of aliphatic hydroxyl groups is 1. The van der Waals surface area contributed by atoms with Crippen LogP contribution in [0.4, 0.5) is 5.82 Å². The van der Waals surface area contributed by atoms with Crippen molar-refractivity contribution in [3.63, 3.8) is 0 Å². The Hall–Kier alpha value is -0.680. The van der Waals surface area contributed by atoms with Crippen LogP contribution < -0.4 is 4.90 Å². The maximum Gasteiger partial charge on any atom is 0.133 e. The molecule has 1 aromatic rings. The zero-order valence-corrected chi connectivity index (χ0v) is 10.2. The second-order valence-electron chi connectivity index (χ2n) is 4.34. The first-order chi connectivity index (χ1) is 7.13. The fourth-order valence-corrected chi connectivity index (χ4v) is 2.14. The molecule has 4 nitrogen and oxygen atoms in total. The maximum atomic E-state index is 9.28. The van der Waals surface area contributed by atoms with E-state index in [0.29, 0.717) is 0 Å². The molecule has 0 spiro atoms. The zero-order valence-electron chi connectivity index (χ0n) is 8.65. The molecule has 5 heteroatoms. The van der Waals surface area contributed by atoms with Crippen LogP contribution >= 0.6 is 15.9 Å². The van der Waals surface area contributed by atoms with Gasteiger partial charge in [0, 0.05) is 24.6 Å². The minimum absolute atomic E-state index is 0.0113. The first kappa shape index (κ1) is 10.8. The summed E-state index contributed by atoms with van der Waals surface area (Å²) in [6.45, 7) is 4.13. The van der Waals surface area contributed by atoms with Crippen LogP contribution in [0.3, 0.4) is 0 Å². The van der Waals surface area contributed by atoms with Gasteiger partial charge in [-0.1, -0.05) is 6.92 Å². The molecule has 15 heavy (non-hydrogen) atoms. The van der Waals surface area contributed by atoms with Gasteiger partial charge in [0.05, 0.1) is 6.61 Å². The van der Waals surface area contributed by atoms with Crippen LogP contribution in [0.25, 0.3) is 0 Å². The molecule has 2 rings (SSSR count). The van der Waals surface area contributed by atoms with E-state index in [0.717, 1.165) is 29.9 Å². The van der Waals surface area contributed by atoms with Crippen molar-refractivity contribution in [2.75, 3.05) is 24.6 Å². The SMILES string of the molecule is CC1(CO)CCN(c2cc(Br)ncn2)C1. The van der Waals surface area contributed by atoms with Crippen LogP contribution in [0.15, 0.2) is 17.0 Å². The second-order valence-corrected chi connectivity index (χ2v) is 5.15. The van der Waals surface area contributed by atoms with Gasteiger partial charge in [-0.05, 0) is 22.4 Å². The summed E-state index contributed by atoms with van der Waals surface area (Å²) in [6.07, 6.45) is 2.55. The summed E-state index contributed by atoms with van der Waals surface area (Å²) in [5.74, 6) is 0.925. The number of nitrogens with zero attached hydrogens (tertiary/aromatic N) is 3. The largest absolute Gasteiger partial charge is 0.396 e. The van der Waals surface area contributed by atoms with E-state index in [1.165, 1.54) is 0 Å². The highest BCUT2D eigenvalue weighted by Crippen LogP contribution is 2.31. The van der Waals surface area contributed by atoms with Crippen LogP contribution in [-0.2, 0) is 0 Å². The van der Waals surface area contributed by atoms with E-state index in [9.17, 15) is 5.11 Å². The lowest BCUT2D eigenvalue weighted by atomic mass is 9.91. The Balaban J connectivity index is 2.14. The summed E-state index contributed by atoms with van der Waals surface area (Å²) in [6, 6.07) is 1.91. The summed E-state index contributed by atoms with van der Waals surface area (Å²) >= 11 is 3.33. The third kappa shape index (κ3) is 2.29. The van der Waals surface area contributed by atoms with Gasteiger partial charge in [-0.25, -0.2) is 9.97 Å². The highest BCUT2D eigenvalue weighted by Gasteiger charge is 2.33. The molecule has 1 unspecified atom stereocenters. The molecule has 1 fully saturated rings. The topological polar surface area (TPSA) is 49.2 Å². The number of aliphatic hydroxyl groups excluding tert-OH is 1. The average Bonchev–Trinajstić information content (AvgIpc) is 2.62. The molecular weight excluding hydrogens is 258 g/mol. The number of anilines is 1. The molecule has 2 heterocycles. The van der Waals surface area contributed by atoms with Crippen molar-refractivity contribution in [2.45, 2.75) is 13.3 Å². The lowest BCUT2D eigenvalue weighted by molar-refractivity contribution is 0.162. The molecule has 1 saturated heterocycles. The maximum absolute atomic E-state index is 9.28. The molecule has 1 aliphatic heterocycles. The summed E-state index contributed by atoms with van der Waals surface area (Å²) in [7, 11) is 0. The Morgan fingerprint density at radius 2 is 2.40 bits per heavy atom. The Bertz CT molecular complexity index is 360. The molecule has 1 aromatic heterocycles. The molecule has 1 N–H and O–H groups in total. The highest BCUT2D eigenvalue weighted by molar-refractivity contribution is 9.10. The van der Waals surface area contributed by atoms with E-state index in [1.807, 2.05) is 6.07 Å². The van der Waals surface area contributed by atoms with Crippen LogP contribution in [0.1, 0.15) is 13.3 Å². The Kier molecular flexibility index (Phi) is 2.93. The van der Waals surface area contributed by atoms with Gasteiger partial charge in [0.1, 0.15) is 16.7 Å². The summed E-state index contributed by atoms with van der Waals surface area (Å²) in [5.41, 5.74) is 0.0113. The first-order valence-electron chi connectivity index (χ1n) is 4.96. The van der Waals surface area contributed by atoms with Crippen LogP contribution in [0.2, 0.25) is 0 Å². The fourth-order valence-electron chi connectivity index (χ4n) is 1.85. The minimum atomic E-state index is 0.0113. The summed E-state index contributed by atoms with van der Waals surface area (Å²) < 4.78 is 0.796. The van der Waals surface area contributed by atoms with Gasteiger partial charge in [-0.3, -0.25) is 0 Å². The fraction of sp³-hybridized carbons (Fsp3) is 0.600. The summed E-state index contributed by atoms with van der Waals surface area (Å²) in [5, 5.41) is 9.28. The number of halogens is 1. The first-order valence-corrected chi connectivity index (χ1v) is 5.76. The van der Waals surface area contributed by atoms with E-state index in [-0.39, 0.29) is 12.0 Å². The van der Waals surface area contributed by atoms with Gasteiger partial charge in [0.2, 0.25) is 0 Å². The number of hydrogen-bond donors (Lipinski definition) is 1. The van der Waals surface area contributed by atoms with Gasteiger partial charge < -0.3 is 10.0 Å². The van der Waals surface area contributed by atoms with Crippen LogP contribution in [-0.4, -0.2) is 34.8 Å². The molecular formula is C10H14BrN3O. The number of rotatable bonds is 2. The van der Waals surface area contributed by atoms with Gasteiger partial charge >= 0.3 is 0 Å². The van der Waals surface area contributed by atoms with Gasteiger partial charge in [0.15, 0.2) is 0 Å². The number of aromatic nitrogens is 2. The number of hydrogen-bond acceptors (Lipinski definition) is 4. The Morgan fingerprint density at radius 3 is 3.00 bits per heavy atom. The van der Waals surface area contributed by atoms with E-state index in [2.05, 4.69) is 37.7 Å². The monoisotopic (exact) mass is 271 g/mol. The molecule has 0 saturated carbocycles. The van der Waals surface area contributed by atoms with Crippen molar-refractivity contribution in [3.05, 3.63) is 17.0 Å².